The van der Waals surface area contributed by atoms with E-state index in [1.54, 1.807) is 0 Å². The van der Waals surface area contributed by atoms with Crippen molar-refractivity contribution in [2.45, 2.75) is 63.3 Å². The second-order valence-electron chi connectivity index (χ2n) is 8.60. The van der Waals surface area contributed by atoms with E-state index < -0.39 is 37.3 Å². The molecule has 1 heterocycles. The predicted molar refractivity (Wildman–Crippen MR) is 127 cm³/mol. The Labute approximate surface area is 196 Å². The highest BCUT2D eigenvalue weighted by molar-refractivity contribution is 5.28. The van der Waals surface area contributed by atoms with Gasteiger partial charge >= 0.3 is 0 Å². The standard InChI is InChI=1S/C27H36O6/c1-3-8-19-12-14-22(15-13-19)32-27-26(25(30)24(29)23(17-28)33-27)31-18-21(9-4-2)16-20-10-6-5-7-11-20/h3,5-7,10-15,21,23-30H,1,4,8-9,16-18H2,2H3/t21-,23+,24+,25-,26+,27-/m0/s1. The Morgan fingerprint density at radius 2 is 1.76 bits per heavy atom. The summed E-state index contributed by atoms with van der Waals surface area (Å²) in [4.78, 5) is 0. The van der Waals surface area contributed by atoms with Gasteiger partial charge in [-0.25, -0.2) is 0 Å². The lowest BCUT2D eigenvalue weighted by Crippen LogP contribution is -2.61. The van der Waals surface area contributed by atoms with Gasteiger partial charge in [-0.15, -0.1) is 6.58 Å². The molecule has 3 N–H and O–H groups in total. The average Bonchev–Trinajstić information content (AvgIpc) is 2.83. The van der Waals surface area contributed by atoms with Crippen molar-refractivity contribution in [3.63, 3.8) is 0 Å². The topological polar surface area (TPSA) is 88.4 Å². The van der Waals surface area contributed by atoms with Crippen LogP contribution in [0, 0.1) is 5.92 Å². The number of aliphatic hydroxyl groups excluding tert-OH is 3. The Balaban J connectivity index is 1.71. The molecule has 0 aromatic heterocycles. The normalized spacial score (nSPS) is 26.0. The SMILES string of the molecule is C=CCc1ccc(O[C@H]2O[C@H](CO)[C@@H](O)[C@H](O)[C@H]2OC[C@@H](CCC)Cc2ccccc2)cc1. The van der Waals surface area contributed by atoms with E-state index >= 15 is 0 Å². The number of hydrogen-bond acceptors (Lipinski definition) is 6. The third kappa shape index (κ3) is 7.13. The molecule has 1 aliphatic heterocycles. The van der Waals surface area contributed by atoms with E-state index in [0.717, 1.165) is 31.2 Å². The highest BCUT2D eigenvalue weighted by atomic mass is 16.7. The summed E-state index contributed by atoms with van der Waals surface area (Å²) >= 11 is 0. The number of aliphatic hydroxyl groups is 3. The molecule has 1 fully saturated rings. The molecule has 1 saturated heterocycles. The summed E-state index contributed by atoms with van der Waals surface area (Å²) in [6.07, 6.45) is 0.0771. The molecule has 180 valence electrons. The molecule has 0 bridgehead atoms. The first kappa shape index (κ1) is 25.4. The molecule has 6 atom stereocenters. The van der Waals surface area contributed by atoms with Crippen molar-refractivity contribution < 1.29 is 29.5 Å². The second-order valence-corrected chi connectivity index (χ2v) is 8.60. The van der Waals surface area contributed by atoms with E-state index in [0.29, 0.717) is 12.4 Å². The number of hydrogen-bond donors (Lipinski definition) is 3. The van der Waals surface area contributed by atoms with Crippen molar-refractivity contribution in [3.8, 4) is 5.75 Å². The Morgan fingerprint density at radius 1 is 1.03 bits per heavy atom. The van der Waals surface area contributed by atoms with Crippen molar-refractivity contribution in [2.75, 3.05) is 13.2 Å². The Kier molecular flexibility index (Phi) is 9.91. The van der Waals surface area contributed by atoms with Crippen LogP contribution in [0.2, 0.25) is 0 Å². The van der Waals surface area contributed by atoms with E-state index in [4.69, 9.17) is 14.2 Å². The maximum absolute atomic E-state index is 10.8. The van der Waals surface area contributed by atoms with Gasteiger partial charge in [-0.3, -0.25) is 0 Å². The number of benzene rings is 2. The summed E-state index contributed by atoms with van der Waals surface area (Å²) in [6, 6.07) is 17.7. The second kappa shape index (κ2) is 12.9. The number of allylic oxidation sites excluding steroid dienone is 1. The predicted octanol–water partition coefficient (Wildman–Crippen LogP) is 3.28. The quantitative estimate of drug-likeness (QED) is 0.425. The molecule has 2 aromatic carbocycles. The zero-order valence-electron chi connectivity index (χ0n) is 19.3. The Bertz CT molecular complexity index is 824. The first-order chi connectivity index (χ1) is 16.0. The van der Waals surface area contributed by atoms with Crippen LogP contribution in [-0.4, -0.2) is 59.2 Å². The van der Waals surface area contributed by atoms with Crippen LogP contribution in [0.1, 0.15) is 30.9 Å². The smallest absolute Gasteiger partial charge is 0.229 e. The van der Waals surface area contributed by atoms with Gasteiger partial charge in [-0.1, -0.05) is 61.9 Å². The van der Waals surface area contributed by atoms with Crippen LogP contribution >= 0.6 is 0 Å². The molecule has 6 heteroatoms. The van der Waals surface area contributed by atoms with Gasteiger partial charge in [-0.2, -0.15) is 0 Å². The summed E-state index contributed by atoms with van der Waals surface area (Å²) < 4.78 is 17.9. The van der Waals surface area contributed by atoms with Gasteiger partial charge in [0.05, 0.1) is 13.2 Å². The van der Waals surface area contributed by atoms with Gasteiger partial charge in [0.25, 0.3) is 0 Å². The fourth-order valence-electron chi connectivity index (χ4n) is 4.18. The minimum Gasteiger partial charge on any atom is -0.462 e. The Morgan fingerprint density at radius 3 is 2.39 bits per heavy atom. The fraction of sp³-hybridized carbons (Fsp3) is 0.481. The molecule has 1 aliphatic rings. The van der Waals surface area contributed by atoms with Gasteiger partial charge in [0.2, 0.25) is 6.29 Å². The summed E-state index contributed by atoms with van der Waals surface area (Å²) in [5, 5.41) is 30.8. The van der Waals surface area contributed by atoms with Gasteiger partial charge < -0.3 is 29.5 Å². The lowest BCUT2D eigenvalue weighted by molar-refractivity contribution is -0.289. The van der Waals surface area contributed by atoms with Crippen LogP contribution in [0.5, 0.6) is 5.75 Å². The van der Waals surface area contributed by atoms with Crippen LogP contribution in [0.15, 0.2) is 67.3 Å². The summed E-state index contributed by atoms with van der Waals surface area (Å²) in [7, 11) is 0. The molecular weight excluding hydrogens is 420 g/mol. The van der Waals surface area contributed by atoms with E-state index in [-0.39, 0.29) is 5.92 Å². The molecule has 0 radical (unpaired) electrons. The third-order valence-corrected chi connectivity index (χ3v) is 5.97. The minimum atomic E-state index is -1.27. The lowest BCUT2D eigenvalue weighted by atomic mass is 9.95. The van der Waals surface area contributed by atoms with Crippen LogP contribution in [0.4, 0.5) is 0 Å². The molecule has 0 aliphatic carbocycles. The van der Waals surface area contributed by atoms with Crippen molar-refractivity contribution in [1.82, 2.24) is 0 Å². The Hall–Kier alpha value is -2.22. The van der Waals surface area contributed by atoms with E-state index in [1.807, 2.05) is 48.5 Å². The molecule has 6 nitrogen and oxygen atoms in total. The fourth-order valence-corrected chi connectivity index (χ4v) is 4.18. The highest BCUT2D eigenvalue weighted by Gasteiger charge is 2.46. The zero-order chi connectivity index (χ0) is 23.6. The van der Waals surface area contributed by atoms with Gasteiger partial charge in [0.1, 0.15) is 30.2 Å². The monoisotopic (exact) mass is 456 g/mol. The molecule has 3 rings (SSSR count). The van der Waals surface area contributed by atoms with E-state index in [1.165, 1.54) is 5.56 Å². The number of ether oxygens (including phenoxy) is 3. The van der Waals surface area contributed by atoms with Crippen molar-refractivity contribution in [2.24, 2.45) is 5.92 Å². The molecular formula is C27H36O6. The summed E-state index contributed by atoms with van der Waals surface area (Å²) in [5.41, 5.74) is 2.33. The summed E-state index contributed by atoms with van der Waals surface area (Å²) in [5.74, 6) is 0.798. The molecule has 0 amide bonds. The van der Waals surface area contributed by atoms with Gasteiger partial charge in [0.15, 0.2) is 0 Å². The lowest BCUT2D eigenvalue weighted by Gasteiger charge is -2.42. The summed E-state index contributed by atoms with van der Waals surface area (Å²) in [6.45, 7) is 5.84. The maximum atomic E-state index is 10.8. The maximum Gasteiger partial charge on any atom is 0.229 e. The van der Waals surface area contributed by atoms with E-state index in [2.05, 4.69) is 25.6 Å². The van der Waals surface area contributed by atoms with Crippen molar-refractivity contribution in [1.29, 1.82) is 0 Å². The molecule has 33 heavy (non-hydrogen) atoms. The van der Waals surface area contributed by atoms with Crippen molar-refractivity contribution >= 4 is 0 Å². The third-order valence-electron chi connectivity index (χ3n) is 5.97. The van der Waals surface area contributed by atoms with Crippen LogP contribution < -0.4 is 4.74 Å². The molecule has 0 spiro atoms. The molecule has 0 unspecified atom stereocenters. The van der Waals surface area contributed by atoms with Gasteiger partial charge in [0, 0.05) is 0 Å². The van der Waals surface area contributed by atoms with Crippen LogP contribution in [-0.2, 0) is 22.3 Å². The van der Waals surface area contributed by atoms with Crippen molar-refractivity contribution in [3.05, 3.63) is 78.4 Å². The average molecular weight is 457 g/mol. The molecule has 0 saturated carbocycles. The molecule has 2 aromatic rings. The van der Waals surface area contributed by atoms with Crippen LogP contribution in [0.25, 0.3) is 0 Å². The highest BCUT2D eigenvalue weighted by Crippen LogP contribution is 2.28. The largest absolute Gasteiger partial charge is 0.462 e. The minimum absolute atomic E-state index is 0.246. The zero-order valence-corrected chi connectivity index (χ0v) is 19.3. The first-order valence-electron chi connectivity index (χ1n) is 11.7. The van der Waals surface area contributed by atoms with E-state index in [9.17, 15) is 15.3 Å². The number of rotatable bonds is 12. The van der Waals surface area contributed by atoms with Gasteiger partial charge in [-0.05, 0) is 48.4 Å². The first-order valence-corrected chi connectivity index (χ1v) is 11.7. The van der Waals surface area contributed by atoms with Crippen LogP contribution in [0.3, 0.4) is 0 Å².